The third-order valence-corrected chi connectivity index (χ3v) is 5.55. The van der Waals surface area contributed by atoms with Crippen molar-refractivity contribution in [3.05, 3.63) is 59.8 Å². The van der Waals surface area contributed by atoms with Gasteiger partial charge in [-0.25, -0.2) is 4.39 Å². The van der Waals surface area contributed by atoms with E-state index in [-0.39, 0.29) is 34.0 Å². The molecule has 0 N–H and O–H groups in total. The van der Waals surface area contributed by atoms with Crippen molar-refractivity contribution in [2.45, 2.75) is 17.5 Å². The highest BCUT2D eigenvalue weighted by Crippen LogP contribution is 2.42. The van der Waals surface area contributed by atoms with Crippen LogP contribution >= 0.6 is 11.8 Å². The van der Waals surface area contributed by atoms with Gasteiger partial charge in [0.1, 0.15) is 11.2 Å². The molecule has 2 amide bonds. The van der Waals surface area contributed by atoms with Crippen LogP contribution in [0.4, 0.5) is 4.39 Å². The number of hydrogen-bond donors (Lipinski definition) is 0. The van der Waals surface area contributed by atoms with Gasteiger partial charge in [-0.3, -0.25) is 9.59 Å². The van der Waals surface area contributed by atoms with Crippen molar-refractivity contribution < 1.29 is 18.4 Å². The monoisotopic (exact) mass is 362 g/mol. The van der Waals surface area contributed by atoms with Crippen molar-refractivity contribution in [1.29, 1.82) is 0 Å². The van der Waals surface area contributed by atoms with Gasteiger partial charge < -0.3 is 14.2 Å². The molecular weight excluding hydrogens is 343 g/mol. The summed E-state index contributed by atoms with van der Waals surface area (Å²) in [5, 5.41) is -0.337. The lowest BCUT2D eigenvalue weighted by molar-refractivity contribution is -0.129. The van der Waals surface area contributed by atoms with Gasteiger partial charge in [-0.1, -0.05) is 12.1 Å². The molecule has 1 aliphatic rings. The molecule has 0 aliphatic carbocycles. The number of halogens is 1. The van der Waals surface area contributed by atoms with Crippen LogP contribution < -0.4 is 0 Å². The van der Waals surface area contributed by atoms with E-state index in [1.807, 2.05) is 6.92 Å². The minimum absolute atomic E-state index is 0.0261. The van der Waals surface area contributed by atoms with E-state index >= 15 is 0 Å². The molecular formula is C18H19FN2O3S. The SMILES string of the molecule is CC1SC(c2ccc(F)cc2)N(CCN(C)C(=O)c2ccco2)C1=O. The van der Waals surface area contributed by atoms with Gasteiger partial charge in [0.05, 0.1) is 11.5 Å². The maximum absolute atomic E-state index is 13.2. The standard InChI is InChI=1S/C18H19FN2O3S/c1-12-16(22)21(18(25-12)13-5-7-14(19)8-6-13)10-9-20(2)17(23)15-4-3-11-24-15/h3-8,11-12,18H,9-10H2,1-2H3. The Hall–Kier alpha value is -2.28. The second kappa shape index (κ2) is 7.31. The van der Waals surface area contributed by atoms with Crippen LogP contribution in [0.3, 0.4) is 0 Å². The van der Waals surface area contributed by atoms with Crippen molar-refractivity contribution in [3.63, 3.8) is 0 Å². The summed E-state index contributed by atoms with van der Waals surface area (Å²) >= 11 is 1.53. The van der Waals surface area contributed by atoms with Gasteiger partial charge in [-0.15, -0.1) is 11.8 Å². The third kappa shape index (κ3) is 3.71. The fourth-order valence-corrected chi connectivity index (χ4v) is 4.04. The third-order valence-electron chi connectivity index (χ3n) is 4.16. The molecule has 1 aliphatic heterocycles. The molecule has 0 saturated carbocycles. The Balaban J connectivity index is 1.69. The highest BCUT2D eigenvalue weighted by Gasteiger charge is 2.38. The van der Waals surface area contributed by atoms with E-state index in [0.717, 1.165) is 5.56 Å². The number of hydrogen-bond acceptors (Lipinski definition) is 4. The lowest BCUT2D eigenvalue weighted by Gasteiger charge is -2.26. The van der Waals surface area contributed by atoms with E-state index in [0.29, 0.717) is 13.1 Å². The van der Waals surface area contributed by atoms with E-state index in [1.54, 1.807) is 36.2 Å². The molecule has 5 nitrogen and oxygen atoms in total. The quantitative estimate of drug-likeness (QED) is 0.820. The maximum Gasteiger partial charge on any atom is 0.289 e. The highest BCUT2D eigenvalue weighted by molar-refractivity contribution is 8.01. The first-order valence-electron chi connectivity index (χ1n) is 7.97. The maximum atomic E-state index is 13.2. The second-order valence-electron chi connectivity index (χ2n) is 5.92. The van der Waals surface area contributed by atoms with Gasteiger partial charge in [-0.05, 0) is 36.8 Å². The normalized spacial score (nSPS) is 20.1. The number of likely N-dealkylation sites (N-methyl/N-ethyl adjacent to an activating group) is 1. The summed E-state index contributed by atoms with van der Waals surface area (Å²) in [6.07, 6.45) is 1.45. The van der Waals surface area contributed by atoms with E-state index < -0.39 is 0 Å². The molecule has 2 atom stereocenters. The number of amides is 2. The van der Waals surface area contributed by atoms with Gasteiger partial charge in [0, 0.05) is 20.1 Å². The number of nitrogens with zero attached hydrogens (tertiary/aromatic N) is 2. The average Bonchev–Trinajstić information content (AvgIpc) is 3.23. The van der Waals surface area contributed by atoms with E-state index in [9.17, 15) is 14.0 Å². The molecule has 0 radical (unpaired) electrons. The first-order valence-corrected chi connectivity index (χ1v) is 8.92. The highest BCUT2D eigenvalue weighted by atomic mass is 32.2. The zero-order chi connectivity index (χ0) is 18.0. The predicted molar refractivity (Wildman–Crippen MR) is 93.6 cm³/mol. The zero-order valence-electron chi connectivity index (χ0n) is 14.0. The van der Waals surface area contributed by atoms with Crippen LogP contribution in [0.1, 0.15) is 28.4 Å². The zero-order valence-corrected chi connectivity index (χ0v) is 14.8. The van der Waals surface area contributed by atoms with Crippen LogP contribution in [0.25, 0.3) is 0 Å². The largest absolute Gasteiger partial charge is 0.459 e. The molecule has 132 valence electrons. The molecule has 25 heavy (non-hydrogen) atoms. The Morgan fingerprint density at radius 2 is 2.04 bits per heavy atom. The predicted octanol–water partition coefficient (Wildman–Crippen LogP) is 3.15. The summed E-state index contributed by atoms with van der Waals surface area (Å²) < 4.78 is 18.3. The Bertz CT molecular complexity index is 748. The summed E-state index contributed by atoms with van der Waals surface area (Å²) in [4.78, 5) is 28.0. The van der Waals surface area contributed by atoms with E-state index in [2.05, 4.69) is 0 Å². The van der Waals surface area contributed by atoms with Crippen molar-refractivity contribution >= 4 is 23.6 Å². The van der Waals surface area contributed by atoms with Crippen LogP contribution in [-0.4, -0.2) is 47.0 Å². The Morgan fingerprint density at radius 3 is 2.68 bits per heavy atom. The van der Waals surface area contributed by atoms with E-state index in [1.165, 1.54) is 35.1 Å². The summed E-state index contributed by atoms with van der Waals surface area (Å²) in [6, 6.07) is 9.46. The van der Waals surface area contributed by atoms with Gasteiger partial charge >= 0.3 is 0 Å². The molecule has 2 aromatic rings. The fourth-order valence-electron chi connectivity index (χ4n) is 2.74. The molecule has 3 rings (SSSR count). The number of thioether (sulfide) groups is 1. The first kappa shape index (κ1) is 17.5. The fraction of sp³-hybridized carbons (Fsp3) is 0.333. The molecule has 0 spiro atoms. The molecule has 1 aromatic carbocycles. The number of carbonyl (C=O) groups excluding carboxylic acids is 2. The summed E-state index contributed by atoms with van der Waals surface area (Å²) in [6.45, 7) is 2.65. The van der Waals surface area contributed by atoms with Crippen LogP contribution in [0, 0.1) is 5.82 Å². The molecule has 2 heterocycles. The summed E-state index contributed by atoms with van der Waals surface area (Å²) in [5.41, 5.74) is 0.879. The van der Waals surface area contributed by atoms with Gasteiger partial charge in [0.15, 0.2) is 5.76 Å². The molecule has 1 saturated heterocycles. The van der Waals surface area contributed by atoms with E-state index in [4.69, 9.17) is 4.42 Å². The lowest BCUT2D eigenvalue weighted by Crippen LogP contribution is -2.39. The van der Waals surface area contributed by atoms with Crippen LogP contribution in [0.2, 0.25) is 0 Å². The van der Waals surface area contributed by atoms with Crippen LogP contribution in [-0.2, 0) is 4.79 Å². The Morgan fingerprint density at radius 1 is 1.32 bits per heavy atom. The number of furan rings is 1. The Kier molecular flexibility index (Phi) is 5.13. The molecule has 1 aromatic heterocycles. The van der Waals surface area contributed by atoms with Crippen molar-refractivity contribution in [2.24, 2.45) is 0 Å². The second-order valence-corrected chi connectivity index (χ2v) is 7.34. The van der Waals surface area contributed by atoms with Crippen LogP contribution in [0.5, 0.6) is 0 Å². The number of rotatable bonds is 5. The summed E-state index contributed by atoms with van der Waals surface area (Å²) in [5.74, 6) is -0.233. The number of carbonyl (C=O) groups is 2. The van der Waals surface area contributed by atoms with Crippen molar-refractivity contribution in [1.82, 2.24) is 9.80 Å². The van der Waals surface area contributed by atoms with Gasteiger partial charge in [0.25, 0.3) is 5.91 Å². The Labute approximate surface area is 149 Å². The minimum Gasteiger partial charge on any atom is -0.459 e. The molecule has 7 heteroatoms. The van der Waals surface area contributed by atoms with Crippen LogP contribution in [0.15, 0.2) is 47.1 Å². The molecule has 2 unspecified atom stereocenters. The molecule has 0 bridgehead atoms. The average molecular weight is 362 g/mol. The first-order chi connectivity index (χ1) is 12.0. The van der Waals surface area contributed by atoms with Crippen molar-refractivity contribution in [3.8, 4) is 0 Å². The van der Waals surface area contributed by atoms with Gasteiger partial charge in [-0.2, -0.15) is 0 Å². The molecule has 1 fully saturated rings. The summed E-state index contributed by atoms with van der Waals surface area (Å²) in [7, 11) is 1.68. The lowest BCUT2D eigenvalue weighted by atomic mass is 10.2. The smallest absolute Gasteiger partial charge is 0.289 e. The topological polar surface area (TPSA) is 53.8 Å². The van der Waals surface area contributed by atoms with Gasteiger partial charge in [0.2, 0.25) is 5.91 Å². The minimum atomic E-state index is -0.304. The number of benzene rings is 1. The van der Waals surface area contributed by atoms with Crippen molar-refractivity contribution in [2.75, 3.05) is 20.1 Å².